The van der Waals surface area contributed by atoms with E-state index in [0.29, 0.717) is 17.8 Å². The first-order chi connectivity index (χ1) is 13.2. The number of aromatic amines is 1. The quantitative estimate of drug-likeness (QED) is 0.753. The molecule has 3 heterocycles. The molecule has 7 nitrogen and oxygen atoms in total. The van der Waals surface area contributed by atoms with Crippen LogP contribution in [0.3, 0.4) is 0 Å². The van der Waals surface area contributed by atoms with E-state index in [0.717, 1.165) is 56.6 Å². The number of hydrogen-bond donors (Lipinski definition) is 2. The maximum absolute atomic E-state index is 12.8. The molecule has 2 atom stereocenters. The Kier molecular flexibility index (Phi) is 5.43. The van der Waals surface area contributed by atoms with E-state index in [2.05, 4.69) is 32.4 Å². The smallest absolute Gasteiger partial charge is 0.272 e. The molecule has 2 saturated heterocycles. The first-order valence-electron chi connectivity index (χ1n) is 9.91. The molecule has 0 saturated carbocycles. The highest BCUT2D eigenvalue weighted by Crippen LogP contribution is 2.28. The van der Waals surface area contributed by atoms with Gasteiger partial charge in [0, 0.05) is 49.8 Å². The number of piperidine rings is 1. The fourth-order valence-electron chi connectivity index (χ4n) is 4.49. The van der Waals surface area contributed by atoms with Gasteiger partial charge in [-0.25, -0.2) is 0 Å². The summed E-state index contributed by atoms with van der Waals surface area (Å²) < 4.78 is 5.51. The lowest BCUT2D eigenvalue weighted by atomic mass is 9.88. The number of nitrogens with zero attached hydrogens (tertiary/aromatic N) is 3. The Morgan fingerprint density at radius 3 is 2.78 bits per heavy atom. The zero-order chi connectivity index (χ0) is 18.8. The number of nitrogens with one attached hydrogen (secondary N) is 2. The summed E-state index contributed by atoms with van der Waals surface area (Å²) in [4.78, 5) is 17.8. The second-order valence-corrected chi connectivity index (χ2v) is 7.69. The molecule has 2 N–H and O–H groups in total. The number of carbonyl (C=O) groups excluding carboxylic acids is 1. The van der Waals surface area contributed by atoms with Crippen LogP contribution in [0.4, 0.5) is 0 Å². The number of piperazine rings is 1. The predicted molar refractivity (Wildman–Crippen MR) is 105 cm³/mol. The number of para-hydroxylation sites is 1. The zero-order valence-corrected chi connectivity index (χ0v) is 16.1. The number of carbonyl (C=O) groups is 1. The van der Waals surface area contributed by atoms with E-state index >= 15 is 0 Å². The van der Waals surface area contributed by atoms with Gasteiger partial charge in [-0.15, -0.1) is 0 Å². The van der Waals surface area contributed by atoms with E-state index in [4.69, 9.17) is 4.74 Å². The number of benzene rings is 1. The molecule has 2 aliphatic rings. The molecule has 146 valence electrons. The SMILES string of the molecule is CCOCCN1CC2CC(NC(=O)c3n[nH]c4ccccc34)CC(C1)N2C. The van der Waals surface area contributed by atoms with Crippen LogP contribution in [0.2, 0.25) is 0 Å². The minimum Gasteiger partial charge on any atom is -0.380 e. The second-order valence-electron chi connectivity index (χ2n) is 7.69. The number of H-pyrrole nitrogens is 1. The summed E-state index contributed by atoms with van der Waals surface area (Å²) in [5, 5.41) is 11.3. The zero-order valence-electron chi connectivity index (χ0n) is 16.1. The van der Waals surface area contributed by atoms with Crippen LogP contribution < -0.4 is 5.32 Å². The summed E-state index contributed by atoms with van der Waals surface area (Å²) in [6.45, 7) is 6.68. The van der Waals surface area contributed by atoms with Crippen molar-refractivity contribution in [2.75, 3.05) is 39.9 Å². The molecule has 2 aliphatic heterocycles. The van der Waals surface area contributed by atoms with Gasteiger partial charge in [-0.3, -0.25) is 19.7 Å². The van der Waals surface area contributed by atoms with Gasteiger partial charge in [0.15, 0.2) is 5.69 Å². The minimum atomic E-state index is -0.0757. The van der Waals surface area contributed by atoms with Crippen molar-refractivity contribution in [3.63, 3.8) is 0 Å². The van der Waals surface area contributed by atoms with Gasteiger partial charge in [-0.05, 0) is 32.9 Å². The first kappa shape index (κ1) is 18.4. The van der Waals surface area contributed by atoms with Gasteiger partial charge < -0.3 is 10.1 Å². The van der Waals surface area contributed by atoms with Gasteiger partial charge >= 0.3 is 0 Å². The highest BCUT2D eigenvalue weighted by molar-refractivity contribution is 6.04. The first-order valence-corrected chi connectivity index (χ1v) is 9.91. The molecule has 1 amide bonds. The van der Waals surface area contributed by atoms with Crippen molar-refractivity contribution in [3.8, 4) is 0 Å². The standard InChI is InChI=1S/C20H29N5O2/c1-3-27-9-8-25-12-15-10-14(11-16(13-25)24(15)2)21-20(26)19-17-6-4-5-7-18(17)22-23-19/h4-7,14-16H,3,8-13H2,1-2H3,(H,21,26)(H,22,23). The summed E-state index contributed by atoms with van der Waals surface area (Å²) in [5.74, 6) is -0.0757. The monoisotopic (exact) mass is 371 g/mol. The highest BCUT2D eigenvalue weighted by atomic mass is 16.5. The van der Waals surface area contributed by atoms with E-state index in [1.165, 1.54) is 0 Å². The summed E-state index contributed by atoms with van der Waals surface area (Å²) in [6, 6.07) is 8.90. The fourth-order valence-corrected chi connectivity index (χ4v) is 4.49. The maximum Gasteiger partial charge on any atom is 0.272 e. The topological polar surface area (TPSA) is 73.5 Å². The molecule has 7 heteroatoms. The number of likely N-dealkylation sites (tertiary alicyclic amines) is 1. The molecule has 0 aliphatic carbocycles. The molecule has 2 fully saturated rings. The van der Waals surface area contributed by atoms with Crippen LogP contribution in [0.1, 0.15) is 30.3 Å². The highest BCUT2D eigenvalue weighted by Gasteiger charge is 2.39. The molecule has 1 aromatic heterocycles. The lowest BCUT2D eigenvalue weighted by Gasteiger charge is -2.50. The van der Waals surface area contributed by atoms with Gasteiger partial charge in [-0.2, -0.15) is 5.10 Å². The van der Waals surface area contributed by atoms with E-state index < -0.39 is 0 Å². The minimum absolute atomic E-state index is 0.0757. The Hall–Kier alpha value is -1.96. The Morgan fingerprint density at radius 2 is 2.04 bits per heavy atom. The number of hydrogen-bond acceptors (Lipinski definition) is 5. The lowest BCUT2D eigenvalue weighted by molar-refractivity contribution is -0.0119. The number of amides is 1. The van der Waals surface area contributed by atoms with E-state index in [9.17, 15) is 4.79 Å². The van der Waals surface area contributed by atoms with Crippen molar-refractivity contribution in [2.45, 2.75) is 37.9 Å². The van der Waals surface area contributed by atoms with Crippen LogP contribution in [0.15, 0.2) is 24.3 Å². The number of rotatable bonds is 6. The molecule has 1 aromatic carbocycles. The summed E-state index contributed by atoms with van der Waals surface area (Å²) in [5.41, 5.74) is 1.39. The predicted octanol–water partition coefficient (Wildman–Crippen LogP) is 1.48. The van der Waals surface area contributed by atoms with Crippen LogP contribution in [-0.4, -0.2) is 83.9 Å². The molecule has 27 heavy (non-hydrogen) atoms. The molecule has 2 bridgehead atoms. The van der Waals surface area contributed by atoms with E-state index in [1.54, 1.807) is 0 Å². The summed E-state index contributed by atoms with van der Waals surface area (Å²) >= 11 is 0. The third-order valence-corrected chi connectivity index (χ3v) is 5.98. The van der Waals surface area contributed by atoms with Crippen LogP contribution in [0, 0.1) is 0 Å². The third kappa shape index (κ3) is 3.85. The van der Waals surface area contributed by atoms with E-state index in [-0.39, 0.29) is 11.9 Å². The Bertz CT molecular complexity index is 776. The van der Waals surface area contributed by atoms with Gasteiger partial charge in [-0.1, -0.05) is 18.2 Å². The maximum atomic E-state index is 12.8. The molecular weight excluding hydrogens is 342 g/mol. The van der Waals surface area contributed by atoms with Crippen molar-refractivity contribution >= 4 is 16.8 Å². The average molecular weight is 371 g/mol. The number of fused-ring (bicyclic) bond motifs is 3. The van der Waals surface area contributed by atoms with Gasteiger partial charge in [0.05, 0.1) is 12.1 Å². The fraction of sp³-hybridized carbons (Fsp3) is 0.600. The Labute approximate surface area is 160 Å². The third-order valence-electron chi connectivity index (χ3n) is 5.98. The largest absolute Gasteiger partial charge is 0.380 e. The summed E-state index contributed by atoms with van der Waals surface area (Å²) in [7, 11) is 2.22. The second kappa shape index (κ2) is 7.96. The van der Waals surface area contributed by atoms with Gasteiger partial charge in [0.25, 0.3) is 5.91 Å². The van der Waals surface area contributed by atoms with Crippen LogP contribution in [0.25, 0.3) is 10.9 Å². The molecule has 2 unspecified atom stereocenters. The normalized spacial score (nSPS) is 26.4. The molecule has 0 spiro atoms. The number of aromatic nitrogens is 2. The molecular formula is C20H29N5O2. The summed E-state index contributed by atoms with van der Waals surface area (Å²) in [6.07, 6.45) is 1.96. The van der Waals surface area contributed by atoms with Crippen molar-refractivity contribution in [1.29, 1.82) is 0 Å². The molecule has 2 aromatic rings. The van der Waals surface area contributed by atoms with Crippen molar-refractivity contribution in [1.82, 2.24) is 25.3 Å². The Morgan fingerprint density at radius 1 is 1.30 bits per heavy atom. The molecule has 4 rings (SSSR count). The van der Waals surface area contributed by atoms with Crippen molar-refractivity contribution in [3.05, 3.63) is 30.0 Å². The van der Waals surface area contributed by atoms with Gasteiger partial charge in [0.2, 0.25) is 0 Å². The lowest BCUT2D eigenvalue weighted by Crippen LogP contribution is -2.64. The van der Waals surface area contributed by atoms with Gasteiger partial charge in [0.1, 0.15) is 0 Å². The molecule has 0 radical (unpaired) electrons. The van der Waals surface area contributed by atoms with Crippen LogP contribution >= 0.6 is 0 Å². The van der Waals surface area contributed by atoms with E-state index in [1.807, 2.05) is 31.2 Å². The van der Waals surface area contributed by atoms with Crippen molar-refractivity contribution in [2.24, 2.45) is 0 Å². The average Bonchev–Trinajstić information content (AvgIpc) is 3.08. The van der Waals surface area contributed by atoms with Crippen LogP contribution in [0.5, 0.6) is 0 Å². The number of ether oxygens (including phenoxy) is 1. The number of likely N-dealkylation sites (N-methyl/N-ethyl adjacent to an activating group) is 1. The van der Waals surface area contributed by atoms with Crippen LogP contribution in [-0.2, 0) is 4.74 Å². The van der Waals surface area contributed by atoms with Crippen molar-refractivity contribution < 1.29 is 9.53 Å². The Balaban J connectivity index is 1.38.